The second kappa shape index (κ2) is 10.1. The summed E-state index contributed by atoms with van der Waals surface area (Å²) in [5.74, 6) is 0.0284. The number of nitrogens with zero attached hydrogens (tertiary/aromatic N) is 4. The summed E-state index contributed by atoms with van der Waals surface area (Å²) in [5.41, 5.74) is 1.24. The molecule has 1 aliphatic carbocycles. The summed E-state index contributed by atoms with van der Waals surface area (Å²) in [7, 11) is 1.54. The van der Waals surface area contributed by atoms with Crippen LogP contribution in [0, 0.1) is 17.8 Å². The Bertz CT molecular complexity index is 1330. The Balaban J connectivity index is 1.41. The van der Waals surface area contributed by atoms with Gasteiger partial charge in [0.1, 0.15) is 0 Å². The fourth-order valence-corrected chi connectivity index (χ4v) is 5.08. The number of ether oxygens (including phenoxy) is 1. The van der Waals surface area contributed by atoms with E-state index >= 15 is 0 Å². The Hall–Kier alpha value is -4.15. The molecule has 2 unspecified atom stereocenters. The molecule has 194 valence electrons. The maximum atomic E-state index is 12.8. The maximum absolute atomic E-state index is 12.8. The molecule has 5 rings (SSSR count). The van der Waals surface area contributed by atoms with Gasteiger partial charge in [-0.2, -0.15) is 0 Å². The largest absolute Gasteiger partial charge is 0.492 e. The standard InChI is InChI=1S/C26H31N7O4/c1-4-22(34)33-13-16-11-32(12-17(16)14-33)20-7-5-6-18(24(20)37-3)28-19-10-21(29-25(35)15-8-9-15)30-31-23(19)26(36)27-2/h4-7,10,15-17H,1,8-9,11-14H2,2-3H3,(H,27,36)(H2,28,29,30,35)/i2D3. The molecule has 37 heavy (non-hydrogen) atoms. The van der Waals surface area contributed by atoms with Crippen molar-refractivity contribution in [3.63, 3.8) is 0 Å². The smallest absolute Gasteiger partial charge is 0.273 e. The molecule has 2 atom stereocenters. The van der Waals surface area contributed by atoms with Crippen molar-refractivity contribution in [3.8, 4) is 5.75 Å². The zero-order chi connectivity index (χ0) is 28.6. The molecule has 3 aliphatic rings. The van der Waals surface area contributed by atoms with Crippen LogP contribution in [0.1, 0.15) is 27.4 Å². The van der Waals surface area contributed by atoms with Gasteiger partial charge in [0.2, 0.25) is 11.8 Å². The van der Waals surface area contributed by atoms with Crippen LogP contribution in [0.3, 0.4) is 0 Å². The van der Waals surface area contributed by atoms with Crippen LogP contribution >= 0.6 is 0 Å². The number of anilines is 4. The van der Waals surface area contributed by atoms with Crippen molar-refractivity contribution < 1.29 is 23.2 Å². The molecule has 2 aromatic rings. The van der Waals surface area contributed by atoms with Gasteiger partial charge >= 0.3 is 0 Å². The molecule has 1 aromatic carbocycles. The first-order valence-electron chi connectivity index (χ1n) is 13.7. The predicted molar refractivity (Wildman–Crippen MR) is 139 cm³/mol. The maximum Gasteiger partial charge on any atom is 0.273 e. The fourth-order valence-electron chi connectivity index (χ4n) is 5.08. The minimum atomic E-state index is -2.73. The van der Waals surface area contributed by atoms with Gasteiger partial charge in [-0.05, 0) is 31.1 Å². The lowest BCUT2D eigenvalue weighted by atomic mass is 10.0. The van der Waals surface area contributed by atoms with Gasteiger partial charge in [-0.3, -0.25) is 14.4 Å². The zero-order valence-corrected chi connectivity index (χ0v) is 20.5. The number of fused-ring (bicyclic) bond motifs is 1. The van der Waals surface area contributed by atoms with E-state index in [2.05, 4.69) is 32.3 Å². The van der Waals surface area contributed by atoms with Crippen molar-refractivity contribution in [1.82, 2.24) is 20.4 Å². The van der Waals surface area contributed by atoms with Crippen LogP contribution in [-0.2, 0) is 9.59 Å². The molecule has 0 spiro atoms. The van der Waals surface area contributed by atoms with Crippen LogP contribution in [0.2, 0.25) is 0 Å². The Kier molecular flexibility index (Phi) is 5.71. The molecule has 0 bridgehead atoms. The number of para-hydroxylation sites is 1. The van der Waals surface area contributed by atoms with E-state index in [9.17, 15) is 14.4 Å². The topological polar surface area (TPSA) is 129 Å². The van der Waals surface area contributed by atoms with Crippen molar-refractivity contribution in [1.29, 1.82) is 0 Å². The fraction of sp³-hybridized carbons (Fsp3) is 0.423. The molecule has 3 heterocycles. The number of methoxy groups -OCH3 is 1. The first kappa shape index (κ1) is 21.0. The SMILES string of the molecule is [2H]C([2H])([2H])NC(=O)c1nnc(NC(=O)C2CC2)cc1Nc1cccc(N2CC3CN(C(=O)C=C)CC3C2)c1OC. The molecule has 0 radical (unpaired) electrons. The van der Waals surface area contributed by atoms with Crippen LogP contribution in [0.25, 0.3) is 0 Å². The van der Waals surface area contributed by atoms with Crippen LogP contribution < -0.4 is 25.6 Å². The van der Waals surface area contributed by atoms with Crippen molar-refractivity contribution in [3.05, 3.63) is 42.6 Å². The Labute approximate surface area is 219 Å². The van der Waals surface area contributed by atoms with E-state index < -0.39 is 12.9 Å². The highest BCUT2D eigenvalue weighted by atomic mass is 16.5. The molecule has 11 heteroatoms. The van der Waals surface area contributed by atoms with E-state index in [4.69, 9.17) is 8.85 Å². The number of hydrogen-bond acceptors (Lipinski definition) is 8. The van der Waals surface area contributed by atoms with E-state index in [1.165, 1.54) is 12.1 Å². The molecular weight excluding hydrogens is 474 g/mol. The van der Waals surface area contributed by atoms with Crippen molar-refractivity contribution in [2.75, 3.05) is 55.8 Å². The van der Waals surface area contributed by atoms with Gasteiger partial charge in [-0.15, -0.1) is 10.2 Å². The molecule has 3 N–H and O–H groups in total. The van der Waals surface area contributed by atoms with Gasteiger partial charge in [-0.1, -0.05) is 12.6 Å². The van der Waals surface area contributed by atoms with Crippen LogP contribution in [0.15, 0.2) is 36.9 Å². The van der Waals surface area contributed by atoms with E-state index in [0.717, 1.165) is 31.6 Å². The summed E-state index contributed by atoms with van der Waals surface area (Å²) >= 11 is 0. The van der Waals surface area contributed by atoms with Crippen molar-refractivity contribution >= 4 is 40.6 Å². The number of hydrogen-bond donors (Lipinski definition) is 3. The van der Waals surface area contributed by atoms with Crippen LogP contribution in [0.4, 0.5) is 22.9 Å². The zero-order valence-electron chi connectivity index (χ0n) is 23.5. The number of likely N-dealkylation sites (tertiary alicyclic amines) is 1. The van der Waals surface area contributed by atoms with Gasteiger partial charge in [-0.25, -0.2) is 0 Å². The normalized spacial score (nSPS) is 21.8. The van der Waals surface area contributed by atoms with Crippen LogP contribution in [-0.4, -0.2) is 73.1 Å². The number of aromatic nitrogens is 2. The Morgan fingerprint density at radius 2 is 1.89 bits per heavy atom. The van der Waals surface area contributed by atoms with E-state index in [0.29, 0.717) is 36.4 Å². The minimum Gasteiger partial charge on any atom is -0.492 e. The van der Waals surface area contributed by atoms with E-state index in [1.54, 1.807) is 13.2 Å². The number of carbonyl (C=O) groups excluding carboxylic acids is 3. The number of amides is 3. The summed E-state index contributed by atoms with van der Waals surface area (Å²) in [6.07, 6.45) is 2.95. The monoisotopic (exact) mass is 508 g/mol. The molecule has 1 aromatic heterocycles. The minimum absolute atomic E-state index is 0.0540. The highest BCUT2D eigenvalue weighted by Crippen LogP contribution is 2.42. The molecular formula is C26H31N7O4. The number of rotatable bonds is 8. The number of carbonyl (C=O) groups is 3. The first-order valence-corrected chi connectivity index (χ1v) is 12.2. The molecule has 11 nitrogen and oxygen atoms in total. The van der Waals surface area contributed by atoms with Gasteiger partial charge in [0.25, 0.3) is 5.91 Å². The predicted octanol–water partition coefficient (Wildman–Crippen LogP) is 2.02. The second-order valence-corrected chi connectivity index (χ2v) is 9.56. The average Bonchev–Trinajstić information content (AvgIpc) is 3.57. The van der Waals surface area contributed by atoms with Gasteiger partial charge < -0.3 is 30.5 Å². The summed E-state index contributed by atoms with van der Waals surface area (Å²) in [5, 5.41) is 15.6. The van der Waals surface area contributed by atoms with E-state index in [-0.39, 0.29) is 34.9 Å². The molecule has 2 saturated heterocycles. The van der Waals surface area contributed by atoms with Gasteiger partial charge in [0.15, 0.2) is 17.3 Å². The van der Waals surface area contributed by atoms with Gasteiger partial charge in [0.05, 0.1) is 24.2 Å². The summed E-state index contributed by atoms with van der Waals surface area (Å²) in [6, 6.07) is 6.98. The third-order valence-electron chi connectivity index (χ3n) is 7.10. The highest BCUT2D eigenvalue weighted by molar-refractivity contribution is 6.00. The van der Waals surface area contributed by atoms with Crippen molar-refractivity contribution in [2.24, 2.45) is 17.8 Å². The molecule has 3 amide bonds. The summed E-state index contributed by atoms with van der Waals surface area (Å²) in [6.45, 7) is 3.69. The summed E-state index contributed by atoms with van der Waals surface area (Å²) in [4.78, 5) is 41.2. The Morgan fingerprint density at radius 1 is 1.14 bits per heavy atom. The third-order valence-corrected chi connectivity index (χ3v) is 7.10. The van der Waals surface area contributed by atoms with E-state index in [1.807, 2.05) is 22.3 Å². The molecule has 3 fully saturated rings. The van der Waals surface area contributed by atoms with Crippen LogP contribution in [0.5, 0.6) is 5.75 Å². The summed E-state index contributed by atoms with van der Waals surface area (Å²) < 4.78 is 28.0. The first-order chi connectivity index (χ1) is 19.1. The van der Waals surface area contributed by atoms with Crippen molar-refractivity contribution in [2.45, 2.75) is 12.8 Å². The lowest BCUT2D eigenvalue weighted by Crippen LogP contribution is -2.32. The highest BCUT2D eigenvalue weighted by Gasteiger charge is 2.42. The third kappa shape index (κ3) is 4.93. The van der Waals surface area contributed by atoms with Gasteiger partial charge in [0, 0.05) is 61.1 Å². The number of nitrogens with one attached hydrogen (secondary N) is 3. The lowest BCUT2D eigenvalue weighted by molar-refractivity contribution is -0.125. The molecule has 2 aliphatic heterocycles. The Morgan fingerprint density at radius 3 is 2.54 bits per heavy atom. The second-order valence-electron chi connectivity index (χ2n) is 9.56. The quantitative estimate of drug-likeness (QED) is 0.462. The lowest BCUT2D eigenvalue weighted by Gasteiger charge is -2.25. The molecule has 1 saturated carbocycles. The number of benzene rings is 1. The average molecular weight is 509 g/mol.